The topological polar surface area (TPSA) is 102 Å². The number of methoxy groups -OCH3 is 1. The highest BCUT2D eigenvalue weighted by Gasteiger charge is 2.44. The molecular weight excluding hydrogens is 454 g/mol. The quantitative estimate of drug-likeness (QED) is 0.369. The summed E-state index contributed by atoms with van der Waals surface area (Å²) >= 11 is 1.49. The molecular formula is C25H25N3O5S. The SMILES string of the molecule is COc1ccc([N+](=O)[O-])cc1NC(=O)[C@H]1c2ccccc2C(=O)N(CC(C)C)[C@@H]1c1cccs1. The second kappa shape index (κ2) is 9.64. The maximum absolute atomic E-state index is 13.9. The number of anilines is 1. The molecule has 2 aromatic carbocycles. The molecule has 2 atom stereocenters. The van der Waals surface area contributed by atoms with Crippen LogP contribution in [0.2, 0.25) is 0 Å². The fourth-order valence-electron chi connectivity index (χ4n) is 4.36. The number of benzene rings is 2. The van der Waals surface area contributed by atoms with E-state index < -0.39 is 16.9 Å². The molecule has 0 spiro atoms. The molecule has 2 amide bonds. The Bertz CT molecular complexity index is 1230. The first kappa shape index (κ1) is 23.4. The summed E-state index contributed by atoms with van der Waals surface area (Å²) in [6.07, 6.45) is 0. The maximum atomic E-state index is 13.9. The van der Waals surface area contributed by atoms with E-state index in [0.717, 1.165) is 4.88 Å². The van der Waals surface area contributed by atoms with Gasteiger partial charge < -0.3 is 15.0 Å². The number of hydrogen-bond acceptors (Lipinski definition) is 6. The minimum atomic E-state index is -0.713. The van der Waals surface area contributed by atoms with E-state index in [9.17, 15) is 19.7 Å². The molecule has 0 aliphatic carbocycles. The van der Waals surface area contributed by atoms with Crippen molar-refractivity contribution >= 4 is 34.5 Å². The number of carbonyl (C=O) groups excluding carboxylic acids is 2. The van der Waals surface area contributed by atoms with Gasteiger partial charge in [-0.15, -0.1) is 11.3 Å². The van der Waals surface area contributed by atoms with E-state index in [1.54, 1.807) is 23.1 Å². The zero-order valence-electron chi connectivity index (χ0n) is 19.1. The van der Waals surface area contributed by atoms with Crippen LogP contribution in [-0.2, 0) is 4.79 Å². The van der Waals surface area contributed by atoms with E-state index in [0.29, 0.717) is 23.4 Å². The van der Waals surface area contributed by atoms with Crippen molar-refractivity contribution in [2.75, 3.05) is 19.0 Å². The number of carbonyl (C=O) groups is 2. The molecule has 9 heteroatoms. The molecule has 0 bridgehead atoms. The third-order valence-corrected chi connectivity index (χ3v) is 6.71. The fourth-order valence-corrected chi connectivity index (χ4v) is 5.24. The summed E-state index contributed by atoms with van der Waals surface area (Å²) < 4.78 is 5.33. The first-order valence-electron chi connectivity index (χ1n) is 10.9. The number of fused-ring (bicyclic) bond motifs is 1. The lowest BCUT2D eigenvalue weighted by Crippen LogP contribution is -2.47. The van der Waals surface area contributed by atoms with E-state index in [1.807, 2.05) is 37.4 Å². The van der Waals surface area contributed by atoms with Crippen molar-refractivity contribution in [2.24, 2.45) is 5.92 Å². The van der Waals surface area contributed by atoms with Crippen LogP contribution in [0.25, 0.3) is 0 Å². The standard InChI is InChI=1S/C25H25N3O5S/c1-15(2)14-27-23(21-9-6-12-34-21)22(17-7-4-5-8-18(17)25(27)30)24(29)26-19-13-16(28(31)32)10-11-20(19)33-3/h4-13,15,22-23H,14H2,1-3H3,(H,26,29)/t22-,23+/m0/s1. The Morgan fingerprint density at radius 2 is 1.97 bits per heavy atom. The Balaban J connectivity index is 1.83. The van der Waals surface area contributed by atoms with Crippen LogP contribution in [0, 0.1) is 16.0 Å². The number of rotatable bonds is 7. The molecule has 2 heterocycles. The Morgan fingerprint density at radius 1 is 1.21 bits per heavy atom. The van der Waals surface area contributed by atoms with Crippen molar-refractivity contribution in [1.29, 1.82) is 0 Å². The lowest BCUT2D eigenvalue weighted by atomic mass is 9.81. The molecule has 1 N–H and O–H groups in total. The fraction of sp³-hybridized carbons (Fsp3) is 0.280. The van der Waals surface area contributed by atoms with Gasteiger partial charge in [0, 0.05) is 29.1 Å². The summed E-state index contributed by atoms with van der Waals surface area (Å²) in [5.74, 6) is -0.691. The Labute approximate surface area is 201 Å². The van der Waals surface area contributed by atoms with E-state index >= 15 is 0 Å². The highest BCUT2D eigenvalue weighted by Crippen LogP contribution is 2.45. The number of non-ortho nitro benzene ring substituents is 1. The van der Waals surface area contributed by atoms with Gasteiger partial charge >= 0.3 is 0 Å². The van der Waals surface area contributed by atoms with Crippen molar-refractivity contribution in [2.45, 2.75) is 25.8 Å². The van der Waals surface area contributed by atoms with Gasteiger partial charge in [-0.2, -0.15) is 0 Å². The molecule has 0 unspecified atom stereocenters. The van der Waals surface area contributed by atoms with Gasteiger partial charge in [-0.1, -0.05) is 38.1 Å². The van der Waals surface area contributed by atoms with Gasteiger partial charge in [0.1, 0.15) is 5.75 Å². The maximum Gasteiger partial charge on any atom is 0.271 e. The summed E-state index contributed by atoms with van der Waals surface area (Å²) in [6, 6.07) is 14.5. The number of nitro groups is 1. The van der Waals surface area contributed by atoms with Gasteiger partial charge in [-0.3, -0.25) is 19.7 Å². The molecule has 3 aromatic rings. The second-order valence-electron chi connectivity index (χ2n) is 8.51. The van der Waals surface area contributed by atoms with Gasteiger partial charge in [-0.25, -0.2) is 0 Å². The normalized spacial score (nSPS) is 17.4. The molecule has 0 radical (unpaired) electrons. The molecule has 0 saturated heterocycles. The average molecular weight is 480 g/mol. The number of nitrogens with one attached hydrogen (secondary N) is 1. The van der Waals surface area contributed by atoms with Crippen LogP contribution in [-0.4, -0.2) is 35.3 Å². The molecule has 8 nitrogen and oxygen atoms in total. The molecule has 176 valence electrons. The lowest BCUT2D eigenvalue weighted by molar-refractivity contribution is -0.384. The first-order chi connectivity index (χ1) is 16.3. The van der Waals surface area contributed by atoms with Crippen molar-refractivity contribution < 1.29 is 19.2 Å². The van der Waals surface area contributed by atoms with Crippen LogP contribution < -0.4 is 10.1 Å². The van der Waals surface area contributed by atoms with Gasteiger partial charge in [0.05, 0.1) is 29.7 Å². The predicted molar refractivity (Wildman–Crippen MR) is 130 cm³/mol. The van der Waals surface area contributed by atoms with Crippen LogP contribution in [0.4, 0.5) is 11.4 Å². The predicted octanol–water partition coefficient (Wildman–Crippen LogP) is 5.24. The van der Waals surface area contributed by atoms with E-state index in [-0.39, 0.29) is 29.1 Å². The first-order valence-corrected chi connectivity index (χ1v) is 11.8. The van der Waals surface area contributed by atoms with Crippen molar-refractivity contribution in [1.82, 2.24) is 4.90 Å². The van der Waals surface area contributed by atoms with Gasteiger partial charge in [0.25, 0.3) is 11.6 Å². The minimum absolute atomic E-state index is 0.111. The van der Waals surface area contributed by atoms with Crippen LogP contribution >= 0.6 is 11.3 Å². The van der Waals surface area contributed by atoms with Crippen molar-refractivity contribution in [3.05, 3.63) is 86.1 Å². The van der Waals surface area contributed by atoms with Crippen LogP contribution in [0.3, 0.4) is 0 Å². The van der Waals surface area contributed by atoms with E-state index in [4.69, 9.17) is 4.74 Å². The second-order valence-corrected chi connectivity index (χ2v) is 9.49. The smallest absolute Gasteiger partial charge is 0.271 e. The number of nitrogens with zero attached hydrogens (tertiary/aromatic N) is 2. The molecule has 0 fully saturated rings. The van der Waals surface area contributed by atoms with Crippen LogP contribution in [0.1, 0.15) is 46.6 Å². The third-order valence-electron chi connectivity index (χ3n) is 5.77. The summed E-state index contributed by atoms with van der Waals surface area (Å²) in [7, 11) is 1.43. The third kappa shape index (κ3) is 4.38. The number of thiophene rings is 1. The molecule has 1 aliphatic rings. The summed E-state index contributed by atoms with van der Waals surface area (Å²) in [4.78, 5) is 40.8. The highest BCUT2D eigenvalue weighted by molar-refractivity contribution is 7.10. The van der Waals surface area contributed by atoms with Crippen LogP contribution in [0.15, 0.2) is 60.0 Å². The molecule has 0 saturated carbocycles. The average Bonchev–Trinajstić information content (AvgIpc) is 3.34. The zero-order valence-corrected chi connectivity index (χ0v) is 19.9. The largest absolute Gasteiger partial charge is 0.495 e. The monoisotopic (exact) mass is 479 g/mol. The number of amides is 2. The van der Waals surface area contributed by atoms with Crippen molar-refractivity contribution in [3.63, 3.8) is 0 Å². The van der Waals surface area contributed by atoms with Gasteiger partial charge in [-0.05, 0) is 35.1 Å². The number of nitro benzene ring substituents is 1. The zero-order chi connectivity index (χ0) is 24.4. The Kier molecular flexibility index (Phi) is 6.65. The summed E-state index contributed by atoms with van der Waals surface area (Å²) in [5, 5.41) is 16.1. The number of ether oxygens (including phenoxy) is 1. The number of hydrogen-bond donors (Lipinski definition) is 1. The van der Waals surface area contributed by atoms with Gasteiger partial charge in [0.2, 0.25) is 5.91 Å². The van der Waals surface area contributed by atoms with Gasteiger partial charge in [0.15, 0.2) is 0 Å². The molecule has 4 rings (SSSR count). The van der Waals surface area contributed by atoms with Crippen LogP contribution in [0.5, 0.6) is 5.75 Å². The van der Waals surface area contributed by atoms with Crippen molar-refractivity contribution in [3.8, 4) is 5.75 Å². The summed E-state index contributed by atoms with van der Waals surface area (Å²) in [6.45, 7) is 4.55. The Morgan fingerprint density at radius 3 is 2.62 bits per heavy atom. The summed E-state index contributed by atoms with van der Waals surface area (Å²) in [5.41, 5.74) is 1.16. The highest BCUT2D eigenvalue weighted by atomic mass is 32.1. The molecule has 1 aliphatic heterocycles. The van der Waals surface area contributed by atoms with E-state index in [1.165, 1.54) is 36.6 Å². The van der Waals surface area contributed by atoms with E-state index in [2.05, 4.69) is 5.32 Å². The minimum Gasteiger partial charge on any atom is -0.495 e. The molecule has 34 heavy (non-hydrogen) atoms. The molecule has 1 aromatic heterocycles. The Hall–Kier alpha value is -3.72. The lowest BCUT2D eigenvalue weighted by Gasteiger charge is -2.42.